The van der Waals surface area contributed by atoms with Crippen LogP contribution in [-0.2, 0) is 23.8 Å². The second kappa shape index (κ2) is 18.4. The highest BCUT2D eigenvalue weighted by molar-refractivity contribution is 6.23. The molecule has 16 heteroatoms. The first-order chi connectivity index (χ1) is 28.6. The minimum atomic E-state index is -2.05. The number of phenols is 3. The van der Waals surface area contributed by atoms with Crippen molar-refractivity contribution < 1.29 is 58.9 Å². The quantitative estimate of drug-likeness (QED) is 0.102. The third-order valence-corrected chi connectivity index (χ3v) is 12.4. The van der Waals surface area contributed by atoms with E-state index in [9.17, 15) is 39.9 Å². The Hall–Kier alpha value is -5.16. The van der Waals surface area contributed by atoms with Crippen LogP contribution in [0.5, 0.6) is 23.0 Å². The summed E-state index contributed by atoms with van der Waals surface area (Å²) in [6.45, 7) is 17.9. The zero-order chi connectivity index (χ0) is 45.4. The lowest BCUT2D eigenvalue weighted by Crippen LogP contribution is -2.53. The lowest BCUT2D eigenvalue weighted by molar-refractivity contribution is -0.160. The molecule has 0 aliphatic carbocycles. The Morgan fingerprint density at radius 3 is 2.18 bits per heavy atom. The molecule has 61 heavy (non-hydrogen) atoms. The number of nitrogens with zero attached hydrogens (tertiary/aromatic N) is 3. The van der Waals surface area contributed by atoms with Gasteiger partial charge in [0, 0.05) is 74.2 Å². The van der Waals surface area contributed by atoms with Crippen molar-refractivity contribution >= 4 is 40.3 Å². The maximum atomic E-state index is 14.5. The first-order valence-electron chi connectivity index (χ1n) is 20.6. The molecule has 11 unspecified atom stereocenters. The molecule has 0 aromatic heterocycles. The molecule has 1 saturated heterocycles. The van der Waals surface area contributed by atoms with Gasteiger partial charge in [0.2, 0.25) is 0 Å². The smallest absolute Gasteiger partial charge is 0.312 e. The molecule has 2 aromatic carbocycles. The molecule has 6 rings (SSSR count). The molecule has 0 radical (unpaired) electrons. The second-order valence-electron chi connectivity index (χ2n) is 17.2. The van der Waals surface area contributed by atoms with Crippen molar-refractivity contribution in [2.45, 2.75) is 112 Å². The maximum absolute atomic E-state index is 14.5. The highest BCUT2D eigenvalue weighted by atomic mass is 16.7. The zero-order valence-electron chi connectivity index (χ0n) is 37.1. The van der Waals surface area contributed by atoms with E-state index in [1.807, 2.05) is 25.9 Å². The zero-order valence-corrected chi connectivity index (χ0v) is 37.1. The summed E-state index contributed by atoms with van der Waals surface area (Å²) in [5, 5.41) is 67.5. The van der Waals surface area contributed by atoms with Crippen LogP contribution in [0.3, 0.4) is 0 Å². The van der Waals surface area contributed by atoms with Gasteiger partial charge >= 0.3 is 11.8 Å². The fourth-order valence-electron chi connectivity index (χ4n) is 8.80. The van der Waals surface area contributed by atoms with Crippen LogP contribution in [0.15, 0.2) is 41.2 Å². The predicted octanol–water partition coefficient (Wildman–Crippen LogP) is 5.11. The summed E-state index contributed by atoms with van der Waals surface area (Å²) < 4.78 is 23.7. The highest BCUT2D eigenvalue weighted by Crippen LogP contribution is 2.55. The molecule has 4 heterocycles. The molecule has 1 amide bonds. The SMILES string of the molecule is COC1C=COC2(C)Oc3c(C)c(O)c4c(O)c(c(/C=N/N5C(C)CN(C)CC5C)c(O)c4c3C2=O)NC(=O)C(C)=CC=CC(C)C(O)C(C)C(O)C(C)C(OC(C)=O)C1C. The third-order valence-electron chi connectivity index (χ3n) is 12.4. The van der Waals surface area contributed by atoms with E-state index in [1.54, 1.807) is 39.8 Å². The minimum absolute atomic E-state index is 0.0501. The van der Waals surface area contributed by atoms with Crippen molar-refractivity contribution in [2.24, 2.45) is 28.8 Å². The van der Waals surface area contributed by atoms with E-state index < -0.39 is 88.8 Å². The van der Waals surface area contributed by atoms with Gasteiger partial charge in [-0.25, -0.2) is 0 Å². The molecule has 5 bridgehead atoms. The summed E-state index contributed by atoms with van der Waals surface area (Å²) in [5.74, 6) is -8.39. The van der Waals surface area contributed by atoms with Gasteiger partial charge in [-0.3, -0.25) is 19.4 Å². The Labute approximate surface area is 357 Å². The van der Waals surface area contributed by atoms with Crippen LogP contribution in [0.4, 0.5) is 5.69 Å². The normalized spacial score (nSPS) is 32.0. The van der Waals surface area contributed by atoms with Crippen molar-refractivity contribution in [3.8, 4) is 23.0 Å². The van der Waals surface area contributed by atoms with Gasteiger partial charge in [0.15, 0.2) is 5.75 Å². The van der Waals surface area contributed by atoms with E-state index in [0.29, 0.717) is 13.1 Å². The van der Waals surface area contributed by atoms with E-state index in [-0.39, 0.29) is 56.6 Å². The molecule has 0 spiro atoms. The van der Waals surface area contributed by atoms with Crippen LogP contribution in [0.25, 0.3) is 10.8 Å². The Morgan fingerprint density at radius 1 is 0.934 bits per heavy atom. The first-order valence-corrected chi connectivity index (χ1v) is 20.6. The number of fused-ring (bicyclic) bond motifs is 14. The third kappa shape index (κ3) is 9.08. The number of hydrazone groups is 1. The number of ether oxygens (including phenoxy) is 4. The molecule has 4 aliphatic heterocycles. The number of carbonyl (C=O) groups excluding carboxylic acids is 3. The molecule has 4 aliphatic rings. The standard InChI is InChI=1S/C45H62N4O12/c1-21-14-13-15-22(2)44(57)47-35-30(18-46-49-23(3)19-48(11)20-24(49)4)39(54)32-33(40(35)55)38(53)28(8)42-34(32)43(56)45(10,61-42)59-17-16-31(58-12)25(5)41(60-29(9)50)27(7)37(52)26(6)36(21)51/h13-18,21,23-27,31,36-37,41,51-55H,19-20H2,1-12H3,(H,47,57)/b14-13?,17-16?,22-15?,46-18+. The first kappa shape index (κ1) is 46.9. The fraction of sp³-hybridized carbons (Fsp3) is 0.556. The Balaban J connectivity index is 1.73. The van der Waals surface area contributed by atoms with Crippen LogP contribution in [0.1, 0.15) is 83.8 Å². The summed E-state index contributed by atoms with van der Waals surface area (Å²) in [6, 6.07) is -0.100. The number of esters is 1. The molecule has 0 saturated carbocycles. The van der Waals surface area contributed by atoms with E-state index in [0.717, 1.165) is 0 Å². The summed E-state index contributed by atoms with van der Waals surface area (Å²) in [7, 11) is 3.44. The Bertz CT molecular complexity index is 2140. The Kier molecular flexibility index (Phi) is 14.2. The average Bonchev–Trinajstić information content (AvgIpc) is 3.46. The van der Waals surface area contributed by atoms with Gasteiger partial charge in [-0.05, 0) is 40.8 Å². The molecular formula is C45H62N4O12. The number of likely N-dealkylation sites (N-methyl/N-ethyl adjacent to an activating group) is 1. The van der Waals surface area contributed by atoms with Gasteiger partial charge in [-0.15, -0.1) is 0 Å². The second-order valence-corrected chi connectivity index (χ2v) is 17.2. The van der Waals surface area contributed by atoms with E-state index in [1.165, 1.54) is 59.4 Å². The number of carbonyl (C=O) groups is 3. The van der Waals surface area contributed by atoms with Crippen molar-refractivity contribution in [1.82, 2.24) is 9.91 Å². The summed E-state index contributed by atoms with van der Waals surface area (Å²) >= 11 is 0. The number of aromatic hydroxyl groups is 3. The van der Waals surface area contributed by atoms with Gasteiger partial charge in [0.05, 0.1) is 65.1 Å². The molecular weight excluding hydrogens is 789 g/mol. The summed E-state index contributed by atoms with van der Waals surface area (Å²) in [5.41, 5.74) is -0.367. The van der Waals surface area contributed by atoms with E-state index in [4.69, 9.17) is 24.0 Å². The molecule has 2 aromatic rings. The maximum Gasteiger partial charge on any atom is 0.312 e. The molecule has 11 atom stereocenters. The van der Waals surface area contributed by atoms with E-state index >= 15 is 0 Å². The number of phenolic OH excluding ortho intramolecular Hbond substituents is 3. The van der Waals surface area contributed by atoms with Crippen molar-refractivity contribution in [2.75, 3.05) is 32.6 Å². The van der Waals surface area contributed by atoms with Gasteiger partial charge < -0.3 is 54.7 Å². The number of hydrogen-bond acceptors (Lipinski definition) is 15. The number of aliphatic hydroxyl groups is 2. The number of rotatable bonds is 4. The van der Waals surface area contributed by atoms with Gasteiger partial charge in [0.1, 0.15) is 23.4 Å². The van der Waals surface area contributed by atoms with E-state index in [2.05, 4.69) is 10.2 Å². The van der Waals surface area contributed by atoms with Crippen molar-refractivity contribution in [3.63, 3.8) is 0 Å². The monoisotopic (exact) mass is 850 g/mol. The van der Waals surface area contributed by atoms with Gasteiger partial charge in [0.25, 0.3) is 11.7 Å². The van der Waals surface area contributed by atoms with Crippen molar-refractivity contribution in [3.05, 3.63) is 52.8 Å². The Morgan fingerprint density at radius 2 is 1.57 bits per heavy atom. The number of anilines is 1. The lowest BCUT2D eigenvalue weighted by Gasteiger charge is -2.41. The number of nitrogens with one attached hydrogen (secondary N) is 1. The lowest BCUT2D eigenvalue weighted by atomic mass is 9.78. The number of amides is 1. The molecule has 1 fully saturated rings. The van der Waals surface area contributed by atoms with Crippen LogP contribution in [-0.4, -0.2) is 129 Å². The largest absolute Gasteiger partial charge is 0.507 e. The van der Waals surface area contributed by atoms with Crippen LogP contribution < -0.4 is 10.1 Å². The number of methoxy groups -OCH3 is 1. The number of benzene rings is 2. The molecule has 6 N–H and O–H groups in total. The number of ketones is 1. The summed E-state index contributed by atoms with van der Waals surface area (Å²) in [4.78, 5) is 42.9. The van der Waals surface area contributed by atoms with Crippen LogP contribution in [0.2, 0.25) is 0 Å². The van der Waals surface area contributed by atoms with Crippen LogP contribution >= 0.6 is 0 Å². The van der Waals surface area contributed by atoms with Crippen molar-refractivity contribution in [1.29, 1.82) is 0 Å². The van der Waals surface area contributed by atoms with Crippen LogP contribution in [0, 0.1) is 30.6 Å². The van der Waals surface area contributed by atoms with Gasteiger partial charge in [-0.2, -0.15) is 5.10 Å². The number of piperazine rings is 1. The number of hydrogen-bond donors (Lipinski definition) is 6. The molecule has 334 valence electrons. The van der Waals surface area contributed by atoms with Gasteiger partial charge in [-0.1, -0.05) is 45.9 Å². The number of Topliss-reactive ketones (excluding diaryl/α,β-unsaturated/α-hetero) is 1. The fourth-order valence-corrected chi connectivity index (χ4v) is 8.80. The molecule has 16 nitrogen and oxygen atoms in total. The highest BCUT2D eigenvalue weighted by Gasteiger charge is 2.50. The topological polar surface area (TPSA) is 220 Å². The average molecular weight is 851 g/mol. The number of allylic oxidation sites excluding steroid dienone is 2. The predicted molar refractivity (Wildman–Crippen MR) is 230 cm³/mol. The minimum Gasteiger partial charge on any atom is -0.507 e. The summed E-state index contributed by atoms with van der Waals surface area (Å²) in [6.07, 6.45) is 4.88. The number of aliphatic hydroxyl groups excluding tert-OH is 2.